The predicted octanol–water partition coefficient (Wildman–Crippen LogP) is 7.08. The van der Waals surface area contributed by atoms with Crippen LogP contribution in [0.25, 0.3) is 28.2 Å². The van der Waals surface area contributed by atoms with Crippen LogP contribution in [0.1, 0.15) is 99.2 Å². The highest BCUT2D eigenvalue weighted by Crippen LogP contribution is 2.47. The minimum atomic E-state index is -1.62. The molecule has 236 valence electrons. The third kappa shape index (κ3) is 6.16. The van der Waals surface area contributed by atoms with Crippen LogP contribution >= 0.6 is 0 Å². The van der Waals surface area contributed by atoms with E-state index in [-0.39, 0.29) is 11.8 Å². The number of aromatic nitrogens is 1. The monoisotopic (exact) mass is 616 g/mol. The number of carbonyl (C=O) groups excluding carboxylic acids is 2. The molecular weight excluding hydrogens is 568 g/mol. The zero-order chi connectivity index (χ0) is 31.5. The van der Waals surface area contributed by atoms with Crippen LogP contribution in [0.15, 0.2) is 42.0 Å². The van der Waals surface area contributed by atoms with Gasteiger partial charge in [0, 0.05) is 54.8 Å². The number of hydrogen-bond acceptors (Lipinski definition) is 3. The summed E-state index contributed by atoms with van der Waals surface area (Å²) >= 11 is -1.62. The number of fused-ring (bicyclic) bond motifs is 5. The van der Waals surface area contributed by atoms with Crippen molar-refractivity contribution in [3.8, 4) is 11.3 Å². The highest BCUT2D eigenvalue weighted by Gasteiger charge is 2.34. The minimum absolute atomic E-state index is 0.108. The van der Waals surface area contributed by atoms with Crippen molar-refractivity contribution in [1.29, 1.82) is 0 Å². The highest BCUT2D eigenvalue weighted by molar-refractivity contribution is 7.81. The number of hydrogen-bond donors (Lipinski definition) is 1. The van der Waals surface area contributed by atoms with Crippen molar-refractivity contribution in [2.75, 3.05) is 27.2 Å². The maximum Gasteiger partial charge on any atom is 0.264 e. The lowest BCUT2D eigenvalue weighted by atomic mass is 9.81. The lowest BCUT2D eigenvalue weighted by molar-refractivity contribution is -0.133. The van der Waals surface area contributed by atoms with Crippen molar-refractivity contribution < 1.29 is 13.8 Å². The Labute approximate surface area is 265 Å². The summed E-state index contributed by atoms with van der Waals surface area (Å²) in [5.41, 5.74) is 8.23. The van der Waals surface area contributed by atoms with E-state index in [1.54, 1.807) is 14.1 Å². The second kappa shape index (κ2) is 13.8. The lowest BCUT2D eigenvalue weighted by Crippen LogP contribution is -2.50. The summed E-state index contributed by atoms with van der Waals surface area (Å²) in [6, 6.07) is 12.5. The molecule has 2 aliphatic heterocycles. The summed E-state index contributed by atoms with van der Waals surface area (Å²) in [4.78, 5) is 29.1. The molecule has 2 fully saturated rings. The number of likely N-dealkylation sites (tertiary alicyclic amines) is 1. The van der Waals surface area contributed by atoms with E-state index in [9.17, 15) is 13.8 Å². The van der Waals surface area contributed by atoms with Crippen molar-refractivity contribution in [2.45, 2.75) is 85.1 Å². The Bertz CT molecular complexity index is 1590. The zero-order valence-electron chi connectivity index (χ0n) is 27.2. The molecule has 7 nitrogen and oxygen atoms in total. The van der Waals surface area contributed by atoms with Crippen molar-refractivity contribution >= 4 is 40.0 Å². The highest BCUT2D eigenvalue weighted by atomic mass is 32.2. The fraction of sp³-hybridized carbons (Fsp3) is 0.500. The molecule has 0 radical (unpaired) electrons. The normalized spacial score (nSPS) is 17.5. The van der Waals surface area contributed by atoms with Gasteiger partial charge in [-0.15, -0.1) is 0 Å². The van der Waals surface area contributed by atoms with Crippen molar-refractivity contribution in [1.82, 2.24) is 18.5 Å². The van der Waals surface area contributed by atoms with Crippen molar-refractivity contribution in [3.05, 3.63) is 64.2 Å². The molecule has 1 atom stereocenters. The van der Waals surface area contributed by atoms with Gasteiger partial charge in [0.1, 0.15) is 0 Å². The Morgan fingerprint density at radius 3 is 2.39 bits per heavy atom. The topological polar surface area (TPSA) is 74.6 Å². The molecule has 1 saturated carbocycles. The maximum absolute atomic E-state index is 13.9. The van der Waals surface area contributed by atoms with Crippen LogP contribution in [0.2, 0.25) is 0 Å². The van der Waals surface area contributed by atoms with Crippen molar-refractivity contribution in [2.24, 2.45) is 5.92 Å². The average molecular weight is 617 g/mol. The van der Waals surface area contributed by atoms with Crippen LogP contribution in [0.5, 0.6) is 0 Å². The summed E-state index contributed by atoms with van der Waals surface area (Å²) in [6.07, 6.45) is 10.1. The molecule has 3 aromatic rings. The molecule has 2 amide bonds. The first kappa shape index (κ1) is 32.2. The fourth-order valence-corrected chi connectivity index (χ4v) is 7.36. The number of benzene rings is 2. The standard InChI is InChI=1S/C34H42N4O3S.C2H6/c1-5-22-12-14-28-26(16-22)17-27(34(40)37-19-23(6-2)20-37)21-38-30-18-25(33(39)35-42(41)36(3)4)13-15-29(30)31(32(28)38)24-10-8-7-9-11-24;1-2/h12-18,23-24H,5-11,19-21H2,1-4H3,(H,35,39);1-2H3. The van der Waals surface area contributed by atoms with E-state index in [4.69, 9.17) is 0 Å². The second-order valence-corrected chi connectivity index (χ2v) is 13.8. The lowest BCUT2D eigenvalue weighted by Gasteiger charge is -2.39. The number of nitrogens with zero attached hydrogens (tertiary/aromatic N) is 3. The van der Waals surface area contributed by atoms with Crippen LogP contribution in [-0.2, 0) is 28.9 Å². The van der Waals surface area contributed by atoms with Gasteiger partial charge in [-0.3, -0.25) is 14.3 Å². The van der Waals surface area contributed by atoms with Crippen LogP contribution in [0.3, 0.4) is 0 Å². The Morgan fingerprint density at radius 2 is 1.73 bits per heavy atom. The molecular formula is C36H48N4O3S. The molecule has 6 rings (SSSR count). The summed E-state index contributed by atoms with van der Waals surface area (Å²) in [7, 11) is 3.33. The Hall–Kier alpha value is -3.23. The third-order valence-corrected chi connectivity index (χ3v) is 10.4. The molecule has 1 saturated heterocycles. The molecule has 1 unspecified atom stereocenters. The van der Waals surface area contributed by atoms with Crippen molar-refractivity contribution in [3.63, 3.8) is 0 Å². The molecule has 3 aliphatic rings. The smallest absolute Gasteiger partial charge is 0.264 e. The molecule has 1 N–H and O–H groups in total. The van der Waals surface area contributed by atoms with Gasteiger partial charge in [-0.1, -0.05) is 71.2 Å². The van der Waals surface area contributed by atoms with Gasteiger partial charge >= 0.3 is 0 Å². The van der Waals surface area contributed by atoms with Gasteiger partial charge < -0.3 is 9.47 Å². The van der Waals surface area contributed by atoms with E-state index in [1.807, 2.05) is 30.9 Å². The fourth-order valence-electron chi connectivity index (χ4n) is 6.90. The molecule has 3 heterocycles. The molecule has 0 spiro atoms. The Morgan fingerprint density at radius 1 is 1.00 bits per heavy atom. The number of nitrogens with one attached hydrogen (secondary N) is 1. The quantitative estimate of drug-likeness (QED) is 0.308. The van der Waals surface area contributed by atoms with Gasteiger partial charge in [-0.2, -0.15) is 0 Å². The summed E-state index contributed by atoms with van der Waals surface area (Å²) in [6.45, 7) is 10.4. The Kier molecular flexibility index (Phi) is 10.1. The third-order valence-electron chi connectivity index (χ3n) is 9.42. The van der Waals surface area contributed by atoms with Gasteiger partial charge in [0.2, 0.25) is 0 Å². The second-order valence-electron chi connectivity index (χ2n) is 12.3. The minimum Gasteiger partial charge on any atom is -0.338 e. The molecule has 0 bridgehead atoms. The molecule has 8 heteroatoms. The molecule has 1 aromatic heterocycles. The first-order valence-electron chi connectivity index (χ1n) is 16.5. The Balaban J connectivity index is 0.00000188. The van der Waals surface area contributed by atoms with E-state index < -0.39 is 11.2 Å². The first-order valence-corrected chi connectivity index (χ1v) is 17.6. The van der Waals surface area contributed by atoms with Gasteiger partial charge in [-0.05, 0) is 72.4 Å². The summed E-state index contributed by atoms with van der Waals surface area (Å²) in [5.74, 6) is 0.735. The molecule has 1 aliphatic carbocycles. The number of aryl methyl sites for hydroxylation is 1. The largest absolute Gasteiger partial charge is 0.338 e. The van der Waals surface area contributed by atoms with E-state index in [0.29, 0.717) is 23.9 Å². The molecule has 44 heavy (non-hydrogen) atoms. The predicted molar refractivity (Wildman–Crippen MR) is 182 cm³/mol. The number of rotatable bonds is 7. The average Bonchev–Trinajstić information content (AvgIpc) is 3.23. The van der Waals surface area contributed by atoms with Gasteiger partial charge in [0.15, 0.2) is 11.2 Å². The number of carbonyl (C=O) groups is 2. The van der Waals surface area contributed by atoms with Crippen LogP contribution in [-0.4, -0.2) is 57.0 Å². The van der Waals surface area contributed by atoms with Gasteiger partial charge in [-0.25, -0.2) is 8.51 Å². The zero-order valence-corrected chi connectivity index (χ0v) is 28.1. The first-order chi connectivity index (χ1) is 21.3. The van der Waals surface area contributed by atoms with Gasteiger partial charge in [0.05, 0.1) is 12.2 Å². The van der Waals surface area contributed by atoms with E-state index in [1.165, 1.54) is 40.4 Å². The summed E-state index contributed by atoms with van der Waals surface area (Å²) in [5, 5.41) is 1.15. The maximum atomic E-state index is 13.9. The van der Waals surface area contributed by atoms with Crippen LogP contribution in [0.4, 0.5) is 0 Å². The van der Waals surface area contributed by atoms with E-state index in [0.717, 1.165) is 66.4 Å². The van der Waals surface area contributed by atoms with Gasteiger partial charge in [0.25, 0.3) is 11.8 Å². The van der Waals surface area contributed by atoms with Crippen LogP contribution < -0.4 is 4.72 Å². The summed E-state index contributed by atoms with van der Waals surface area (Å²) < 4.78 is 18.7. The van der Waals surface area contributed by atoms with Crippen LogP contribution in [0, 0.1) is 5.92 Å². The van der Waals surface area contributed by atoms with E-state index >= 15 is 0 Å². The number of amides is 2. The SMILES string of the molecule is CC.CCc1ccc2c(c1)C=C(C(=O)N1CC(CC)C1)Cn1c-2c(C2CCCCC2)c2ccc(C(=O)NS(=O)N(C)C)cc21. The molecule has 2 aromatic carbocycles. The van der Waals surface area contributed by atoms with E-state index in [2.05, 4.69) is 53.5 Å².